The third-order valence-corrected chi connectivity index (χ3v) is 4.93. The number of fused-ring (bicyclic) bond motifs is 2. The van der Waals surface area contributed by atoms with Gasteiger partial charge >= 0.3 is 0 Å². The largest absolute Gasteiger partial charge is 0.491 e. The number of nitrogens with one attached hydrogen (secondary N) is 1. The molecule has 2 aromatic heterocycles. The minimum Gasteiger partial charge on any atom is -0.491 e. The second-order valence-electron chi connectivity index (χ2n) is 7.37. The van der Waals surface area contributed by atoms with Crippen molar-refractivity contribution in [3.63, 3.8) is 0 Å². The highest BCUT2D eigenvalue weighted by Gasteiger charge is 2.24. The average molecular weight is 381 g/mol. The van der Waals surface area contributed by atoms with Crippen LogP contribution in [0.2, 0.25) is 0 Å². The fourth-order valence-electron chi connectivity index (χ4n) is 3.66. The highest BCUT2D eigenvalue weighted by molar-refractivity contribution is 5.77. The summed E-state index contributed by atoms with van der Waals surface area (Å²) in [7, 11) is 1.72. The van der Waals surface area contributed by atoms with E-state index in [0.29, 0.717) is 11.0 Å². The van der Waals surface area contributed by atoms with Crippen LogP contribution in [0.1, 0.15) is 37.4 Å². The van der Waals surface area contributed by atoms with Crippen LogP contribution >= 0.6 is 0 Å². The fraction of sp³-hybridized carbons (Fsp3) is 0.400. The van der Waals surface area contributed by atoms with E-state index in [9.17, 15) is 9.59 Å². The van der Waals surface area contributed by atoms with Gasteiger partial charge in [0.25, 0.3) is 5.56 Å². The molecule has 1 aliphatic rings. The first-order chi connectivity index (χ1) is 13.4. The third kappa shape index (κ3) is 3.37. The average Bonchev–Trinajstić information content (AvgIpc) is 3.21. The number of hydrogen-bond donors (Lipinski definition) is 1. The molecule has 4 rings (SSSR count). The molecule has 1 amide bonds. The standard InChI is InChI=1S/C20H23N5O3/c1-12(2)28-14-5-6-15-13(8-14)4-7-17(15)23-18(26)10-25-11-21-19-16(20(25)27)9-22-24(19)3/h5-6,8-9,11-12,17H,4,7,10H2,1-3H3,(H,23,26). The molecule has 8 nitrogen and oxygen atoms in total. The van der Waals surface area contributed by atoms with Crippen molar-refractivity contribution in [2.24, 2.45) is 7.05 Å². The second kappa shape index (κ2) is 7.10. The van der Waals surface area contributed by atoms with Crippen LogP contribution in [0.3, 0.4) is 0 Å². The predicted molar refractivity (Wildman–Crippen MR) is 104 cm³/mol. The van der Waals surface area contributed by atoms with Crippen molar-refractivity contribution < 1.29 is 9.53 Å². The van der Waals surface area contributed by atoms with E-state index < -0.39 is 0 Å². The molecule has 0 radical (unpaired) electrons. The lowest BCUT2D eigenvalue weighted by Crippen LogP contribution is -2.34. The van der Waals surface area contributed by atoms with Crippen molar-refractivity contribution in [2.75, 3.05) is 0 Å². The Morgan fingerprint density at radius 3 is 3.00 bits per heavy atom. The first-order valence-corrected chi connectivity index (χ1v) is 9.38. The highest BCUT2D eigenvalue weighted by atomic mass is 16.5. The molecule has 1 N–H and O–H groups in total. The topological polar surface area (TPSA) is 91.0 Å². The molecule has 2 heterocycles. The molecule has 1 atom stereocenters. The van der Waals surface area contributed by atoms with Gasteiger partial charge in [0.05, 0.1) is 18.3 Å². The van der Waals surface area contributed by atoms with E-state index in [1.807, 2.05) is 32.0 Å². The third-order valence-electron chi connectivity index (χ3n) is 4.93. The normalized spacial score (nSPS) is 15.8. The summed E-state index contributed by atoms with van der Waals surface area (Å²) in [6.45, 7) is 3.92. The van der Waals surface area contributed by atoms with Crippen LogP contribution in [0.4, 0.5) is 0 Å². The molecule has 0 spiro atoms. The molecule has 146 valence electrons. The molecular formula is C20H23N5O3. The molecule has 0 saturated carbocycles. The van der Waals surface area contributed by atoms with E-state index in [-0.39, 0.29) is 30.2 Å². The summed E-state index contributed by atoms with van der Waals surface area (Å²) in [5.74, 6) is 0.635. The Morgan fingerprint density at radius 1 is 1.39 bits per heavy atom. The van der Waals surface area contributed by atoms with Crippen molar-refractivity contribution in [3.8, 4) is 5.75 Å². The number of carbonyl (C=O) groups is 1. The summed E-state index contributed by atoms with van der Waals surface area (Å²) >= 11 is 0. The SMILES string of the molecule is CC(C)Oc1ccc2c(c1)CCC2NC(=O)Cn1cnc2c(cnn2C)c1=O. The zero-order chi connectivity index (χ0) is 19.8. The minimum absolute atomic E-state index is 0.0543. The van der Waals surface area contributed by atoms with E-state index in [2.05, 4.69) is 15.4 Å². The number of carbonyl (C=O) groups excluding carboxylic acids is 1. The summed E-state index contributed by atoms with van der Waals surface area (Å²) in [4.78, 5) is 29.3. The number of nitrogens with zero attached hydrogens (tertiary/aromatic N) is 4. The second-order valence-corrected chi connectivity index (χ2v) is 7.37. The molecule has 0 fully saturated rings. The van der Waals surface area contributed by atoms with Gasteiger partial charge in [-0.3, -0.25) is 18.8 Å². The van der Waals surface area contributed by atoms with Crippen molar-refractivity contribution in [2.45, 2.75) is 45.4 Å². The van der Waals surface area contributed by atoms with E-state index in [1.165, 1.54) is 27.3 Å². The van der Waals surface area contributed by atoms with Gasteiger partial charge < -0.3 is 10.1 Å². The summed E-state index contributed by atoms with van der Waals surface area (Å²) < 4.78 is 8.60. The Labute approximate surface area is 162 Å². The molecule has 28 heavy (non-hydrogen) atoms. The molecule has 0 saturated heterocycles. The molecule has 0 aliphatic heterocycles. The zero-order valence-corrected chi connectivity index (χ0v) is 16.2. The van der Waals surface area contributed by atoms with Crippen LogP contribution < -0.4 is 15.6 Å². The van der Waals surface area contributed by atoms with E-state index in [0.717, 1.165) is 24.2 Å². The predicted octanol–water partition coefficient (Wildman–Crippen LogP) is 1.72. The van der Waals surface area contributed by atoms with Gasteiger partial charge in [0.2, 0.25) is 5.91 Å². The van der Waals surface area contributed by atoms with Gasteiger partial charge in [-0.25, -0.2) is 4.98 Å². The first kappa shape index (κ1) is 18.2. The summed E-state index contributed by atoms with van der Waals surface area (Å²) in [5.41, 5.74) is 2.54. The van der Waals surface area contributed by atoms with Gasteiger partial charge in [0.1, 0.15) is 24.0 Å². The van der Waals surface area contributed by atoms with Gasteiger partial charge in [0.15, 0.2) is 5.65 Å². The maximum atomic E-state index is 12.5. The smallest absolute Gasteiger partial charge is 0.264 e. The number of aromatic nitrogens is 4. The van der Waals surface area contributed by atoms with Gasteiger partial charge in [-0.1, -0.05) is 6.07 Å². The van der Waals surface area contributed by atoms with Crippen LogP contribution in [-0.4, -0.2) is 31.3 Å². The maximum Gasteiger partial charge on any atom is 0.264 e. The molecule has 3 aromatic rings. The van der Waals surface area contributed by atoms with Crippen molar-refractivity contribution in [3.05, 3.63) is 52.2 Å². The van der Waals surface area contributed by atoms with E-state index >= 15 is 0 Å². The molecule has 8 heteroatoms. The van der Waals surface area contributed by atoms with Gasteiger partial charge in [-0.05, 0) is 49.9 Å². The Balaban J connectivity index is 1.47. The van der Waals surface area contributed by atoms with Gasteiger partial charge in [-0.15, -0.1) is 0 Å². The van der Waals surface area contributed by atoms with Crippen molar-refractivity contribution in [1.82, 2.24) is 24.6 Å². The highest BCUT2D eigenvalue weighted by Crippen LogP contribution is 2.33. The number of hydrogen-bond acceptors (Lipinski definition) is 5. The number of aryl methyl sites for hydroxylation is 2. The lowest BCUT2D eigenvalue weighted by molar-refractivity contribution is -0.122. The molecule has 0 bridgehead atoms. The first-order valence-electron chi connectivity index (χ1n) is 9.38. The van der Waals surface area contributed by atoms with Gasteiger partial charge in [-0.2, -0.15) is 5.10 Å². The Bertz CT molecular complexity index is 1100. The van der Waals surface area contributed by atoms with Crippen LogP contribution in [0.25, 0.3) is 11.0 Å². The molecule has 1 unspecified atom stereocenters. The van der Waals surface area contributed by atoms with Crippen molar-refractivity contribution >= 4 is 16.9 Å². The fourth-order valence-corrected chi connectivity index (χ4v) is 3.66. The van der Waals surface area contributed by atoms with Gasteiger partial charge in [0, 0.05) is 7.05 Å². The van der Waals surface area contributed by atoms with Crippen molar-refractivity contribution in [1.29, 1.82) is 0 Å². The minimum atomic E-state index is -0.268. The summed E-state index contributed by atoms with van der Waals surface area (Å²) in [6.07, 6.45) is 4.71. The maximum absolute atomic E-state index is 12.5. The number of ether oxygens (including phenoxy) is 1. The molecule has 1 aromatic carbocycles. The van der Waals surface area contributed by atoms with Crippen LogP contribution in [0.15, 0.2) is 35.5 Å². The Morgan fingerprint density at radius 2 is 2.21 bits per heavy atom. The van der Waals surface area contributed by atoms with E-state index in [1.54, 1.807) is 7.05 Å². The van der Waals surface area contributed by atoms with Crippen LogP contribution in [0, 0.1) is 0 Å². The summed E-state index contributed by atoms with van der Waals surface area (Å²) in [5, 5.41) is 7.48. The quantitative estimate of drug-likeness (QED) is 0.727. The Hall–Kier alpha value is -3.16. The lowest BCUT2D eigenvalue weighted by Gasteiger charge is -2.16. The number of rotatable bonds is 5. The Kier molecular flexibility index (Phi) is 4.62. The van der Waals surface area contributed by atoms with Crippen LogP contribution in [0.5, 0.6) is 5.75 Å². The number of amides is 1. The summed E-state index contributed by atoms with van der Waals surface area (Å²) in [6, 6.07) is 5.95. The molecule has 1 aliphatic carbocycles. The molecular weight excluding hydrogens is 358 g/mol. The lowest BCUT2D eigenvalue weighted by atomic mass is 10.1. The number of benzene rings is 1. The monoisotopic (exact) mass is 381 g/mol. The zero-order valence-electron chi connectivity index (χ0n) is 16.2. The van der Waals surface area contributed by atoms with E-state index in [4.69, 9.17) is 4.74 Å². The van der Waals surface area contributed by atoms with Crippen LogP contribution in [-0.2, 0) is 24.8 Å².